The van der Waals surface area contributed by atoms with E-state index < -0.39 is 9.84 Å². The molecule has 31 heavy (non-hydrogen) atoms. The molecule has 1 fully saturated rings. The molecule has 1 saturated heterocycles. The van der Waals surface area contributed by atoms with Gasteiger partial charge in [0.1, 0.15) is 6.10 Å². The van der Waals surface area contributed by atoms with Gasteiger partial charge in [0.2, 0.25) is 0 Å². The van der Waals surface area contributed by atoms with Crippen LogP contribution in [0.4, 0.5) is 0 Å². The number of rotatable bonds is 7. The summed E-state index contributed by atoms with van der Waals surface area (Å²) < 4.78 is 30.7. The largest absolute Gasteiger partial charge is 0.370 e. The molecule has 2 aromatic rings. The van der Waals surface area contributed by atoms with Crippen molar-refractivity contribution in [2.24, 2.45) is 4.99 Å². The molecule has 1 N–H and O–H groups in total. The highest BCUT2D eigenvalue weighted by atomic mass is 127. The third-order valence-corrected chi connectivity index (χ3v) is 6.94. The van der Waals surface area contributed by atoms with Gasteiger partial charge >= 0.3 is 0 Å². The monoisotopic (exact) mass is 557 g/mol. The lowest BCUT2D eigenvalue weighted by atomic mass is 10.0. The lowest BCUT2D eigenvalue weighted by Crippen LogP contribution is -2.48. The highest BCUT2D eigenvalue weighted by molar-refractivity contribution is 14.0. The number of hydrogen-bond acceptors (Lipinski definition) is 4. The second-order valence-electron chi connectivity index (χ2n) is 7.57. The number of ether oxygens (including phenoxy) is 1. The topological polar surface area (TPSA) is 71.0 Å². The molecule has 170 valence electrons. The van der Waals surface area contributed by atoms with Crippen molar-refractivity contribution in [3.63, 3.8) is 0 Å². The molecule has 1 aliphatic rings. The Kier molecular flexibility index (Phi) is 10.2. The molecule has 0 saturated carbocycles. The molecule has 1 unspecified atom stereocenters. The standard InChI is InChI=1S/C23H31N3O3S.HI/c1-19-9-6-7-12-21(19)22-17-26(14-15-29-22)23(24-2)25-13-8-16-30(27,28)18-20-10-4-3-5-11-20;/h3-7,9-12,22H,8,13-18H2,1-2H3,(H,24,25);1H. The van der Waals surface area contributed by atoms with Crippen LogP contribution in [-0.2, 0) is 20.3 Å². The first-order valence-corrected chi connectivity index (χ1v) is 12.2. The number of nitrogens with zero attached hydrogens (tertiary/aromatic N) is 2. The van der Waals surface area contributed by atoms with Gasteiger partial charge in [-0.15, -0.1) is 24.0 Å². The van der Waals surface area contributed by atoms with E-state index in [1.807, 2.05) is 42.5 Å². The predicted octanol–water partition coefficient (Wildman–Crippen LogP) is 3.57. The van der Waals surface area contributed by atoms with Gasteiger partial charge in [0.15, 0.2) is 15.8 Å². The first-order chi connectivity index (χ1) is 14.5. The number of sulfone groups is 1. The van der Waals surface area contributed by atoms with Crippen LogP contribution in [0, 0.1) is 6.92 Å². The van der Waals surface area contributed by atoms with E-state index in [0.29, 0.717) is 19.6 Å². The van der Waals surface area contributed by atoms with E-state index in [2.05, 4.69) is 34.3 Å². The molecule has 3 rings (SSSR count). The summed E-state index contributed by atoms with van der Waals surface area (Å²) in [5.41, 5.74) is 3.25. The van der Waals surface area contributed by atoms with E-state index in [0.717, 1.165) is 24.6 Å². The Balaban J connectivity index is 0.00000341. The summed E-state index contributed by atoms with van der Waals surface area (Å²) in [4.78, 5) is 6.57. The fraction of sp³-hybridized carbons (Fsp3) is 0.435. The lowest BCUT2D eigenvalue weighted by molar-refractivity contribution is -0.00829. The smallest absolute Gasteiger partial charge is 0.193 e. The molecule has 0 aromatic heterocycles. The summed E-state index contributed by atoms with van der Waals surface area (Å²) in [5, 5.41) is 3.32. The van der Waals surface area contributed by atoms with Crippen molar-refractivity contribution in [2.45, 2.75) is 25.2 Å². The molecular formula is C23H32IN3O3S. The molecule has 0 bridgehead atoms. The molecule has 0 radical (unpaired) electrons. The molecule has 2 aromatic carbocycles. The minimum atomic E-state index is -3.13. The highest BCUT2D eigenvalue weighted by Gasteiger charge is 2.25. The lowest BCUT2D eigenvalue weighted by Gasteiger charge is -2.35. The molecule has 1 atom stereocenters. The van der Waals surface area contributed by atoms with Crippen molar-refractivity contribution < 1.29 is 13.2 Å². The summed E-state index contributed by atoms with van der Waals surface area (Å²) in [6.45, 7) is 4.77. The number of nitrogens with one attached hydrogen (secondary N) is 1. The van der Waals surface area contributed by atoms with Gasteiger partial charge in [-0.25, -0.2) is 8.42 Å². The summed E-state index contributed by atoms with van der Waals surface area (Å²) in [6.07, 6.45) is 0.546. The Morgan fingerprint density at radius 1 is 1.16 bits per heavy atom. The molecule has 6 nitrogen and oxygen atoms in total. The fourth-order valence-corrected chi connectivity index (χ4v) is 5.13. The summed E-state index contributed by atoms with van der Waals surface area (Å²) in [7, 11) is -1.37. The molecule has 1 heterocycles. The zero-order chi connectivity index (χ0) is 21.4. The van der Waals surface area contributed by atoms with Crippen molar-refractivity contribution in [3.05, 3.63) is 71.3 Å². The maximum Gasteiger partial charge on any atom is 0.193 e. The van der Waals surface area contributed by atoms with Gasteiger partial charge in [0, 0.05) is 20.1 Å². The van der Waals surface area contributed by atoms with Crippen LogP contribution in [0.25, 0.3) is 0 Å². The number of aryl methyl sites for hydroxylation is 1. The molecule has 0 aliphatic carbocycles. The Labute approximate surface area is 203 Å². The maximum atomic E-state index is 12.4. The number of morpholine rings is 1. The van der Waals surface area contributed by atoms with Gasteiger partial charge in [-0.05, 0) is 30.0 Å². The molecule has 0 spiro atoms. The van der Waals surface area contributed by atoms with Crippen molar-refractivity contribution in [2.75, 3.05) is 39.0 Å². The van der Waals surface area contributed by atoms with Crippen LogP contribution in [-0.4, -0.2) is 58.3 Å². The number of guanidine groups is 1. The average molecular weight is 557 g/mol. The van der Waals surface area contributed by atoms with Crippen molar-refractivity contribution >= 4 is 39.8 Å². The Hall–Kier alpha value is -1.65. The van der Waals surface area contributed by atoms with Gasteiger partial charge in [-0.3, -0.25) is 4.99 Å². The fourth-order valence-electron chi connectivity index (χ4n) is 3.70. The third kappa shape index (κ3) is 7.76. The van der Waals surface area contributed by atoms with Crippen LogP contribution in [0.1, 0.15) is 29.2 Å². The minimum absolute atomic E-state index is 0. The van der Waals surface area contributed by atoms with Crippen LogP contribution >= 0.6 is 24.0 Å². The number of aliphatic imine (C=N–C) groups is 1. The van der Waals surface area contributed by atoms with Gasteiger partial charge < -0.3 is 15.0 Å². The third-order valence-electron chi connectivity index (χ3n) is 5.26. The normalized spacial score (nSPS) is 17.2. The van der Waals surface area contributed by atoms with E-state index in [9.17, 15) is 8.42 Å². The van der Waals surface area contributed by atoms with E-state index in [-0.39, 0.29) is 41.6 Å². The second kappa shape index (κ2) is 12.4. The second-order valence-corrected chi connectivity index (χ2v) is 9.75. The number of benzene rings is 2. The minimum Gasteiger partial charge on any atom is -0.370 e. The highest BCUT2D eigenvalue weighted by Crippen LogP contribution is 2.24. The summed E-state index contributed by atoms with van der Waals surface area (Å²) in [5.74, 6) is 1.03. The zero-order valence-electron chi connectivity index (χ0n) is 18.2. The number of hydrogen-bond donors (Lipinski definition) is 1. The molecular weight excluding hydrogens is 525 g/mol. The zero-order valence-corrected chi connectivity index (χ0v) is 21.3. The first kappa shape index (κ1) is 25.6. The summed E-state index contributed by atoms with van der Waals surface area (Å²) >= 11 is 0. The quantitative estimate of drug-likeness (QED) is 0.244. The van der Waals surface area contributed by atoms with E-state index in [1.54, 1.807) is 7.05 Å². The average Bonchev–Trinajstić information content (AvgIpc) is 2.74. The van der Waals surface area contributed by atoms with Gasteiger partial charge in [0.05, 0.1) is 24.7 Å². The van der Waals surface area contributed by atoms with Crippen LogP contribution < -0.4 is 5.32 Å². The van der Waals surface area contributed by atoms with Crippen molar-refractivity contribution in [1.82, 2.24) is 10.2 Å². The number of halogens is 1. The van der Waals surface area contributed by atoms with Gasteiger partial charge in [0.25, 0.3) is 0 Å². The Morgan fingerprint density at radius 3 is 2.58 bits per heavy atom. The van der Waals surface area contributed by atoms with Gasteiger partial charge in [-0.1, -0.05) is 54.6 Å². The maximum absolute atomic E-state index is 12.4. The Morgan fingerprint density at radius 2 is 1.87 bits per heavy atom. The predicted molar refractivity (Wildman–Crippen MR) is 137 cm³/mol. The van der Waals surface area contributed by atoms with E-state index in [4.69, 9.17) is 4.74 Å². The van der Waals surface area contributed by atoms with Crippen LogP contribution in [0.5, 0.6) is 0 Å². The van der Waals surface area contributed by atoms with Gasteiger partial charge in [-0.2, -0.15) is 0 Å². The first-order valence-electron chi connectivity index (χ1n) is 10.4. The SMILES string of the molecule is CN=C(NCCCS(=O)(=O)Cc1ccccc1)N1CCOC(c2ccccc2C)C1.I. The Bertz CT molecular complexity index is 952. The molecule has 1 aliphatic heterocycles. The van der Waals surface area contributed by atoms with Crippen LogP contribution in [0.15, 0.2) is 59.6 Å². The summed E-state index contributed by atoms with van der Waals surface area (Å²) in [6, 6.07) is 17.6. The van der Waals surface area contributed by atoms with Crippen LogP contribution in [0.3, 0.4) is 0 Å². The van der Waals surface area contributed by atoms with Crippen molar-refractivity contribution in [1.29, 1.82) is 0 Å². The van der Waals surface area contributed by atoms with Crippen molar-refractivity contribution in [3.8, 4) is 0 Å². The van der Waals surface area contributed by atoms with E-state index in [1.165, 1.54) is 11.1 Å². The molecule has 8 heteroatoms. The molecule has 0 amide bonds. The van der Waals surface area contributed by atoms with Crippen LogP contribution in [0.2, 0.25) is 0 Å². The van der Waals surface area contributed by atoms with E-state index >= 15 is 0 Å².